The number of hydrogen-bond acceptors (Lipinski definition) is 4. The van der Waals surface area contributed by atoms with Crippen LogP contribution in [0.15, 0.2) is 54.6 Å². The van der Waals surface area contributed by atoms with Crippen molar-refractivity contribution in [2.75, 3.05) is 17.0 Å². The van der Waals surface area contributed by atoms with Gasteiger partial charge in [-0.1, -0.05) is 25.1 Å². The summed E-state index contributed by atoms with van der Waals surface area (Å²) < 4.78 is 28.3. The Hall–Kier alpha value is -3.13. The molecule has 0 aliphatic heterocycles. The molecule has 0 aliphatic rings. The second-order valence-corrected chi connectivity index (χ2v) is 9.35. The van der Waals surface area contributed by atoms with Gasteiger partial charge in [0, 0.05) is 23.5 Å². The van der Waals surface area contributed by atoms with Gasteiger partial charge >= 0.3 is 0 Å². The zero-order chi connectivity index (χ0) is 22.4. The van der Waals surface area contributed by atoms with E-state index in [4.69, 9.17) is 0 Å². The Morgan fingerprint density at radius 2 is 1.81 bits per heavy atom. The van der Waals surface area contributed by atoms with Crippen LogP contribution in [0.1, 0.15) is 40.7 Å². The summed E-state index contributed by atoms with van der Waals surface area (Å²) in [7, 11) is -3.39. The summed E-state index contributed by atoms with van der Waals surface area (Å²) in [5.74, 6) is -0.197. The van der Waals surface area contributed by atoms with Gasteiger partial charge < -0.3 is 5.32 Å². The topological polar surface area (TPSA) is 93.1 Å². The molecule has 0 unspecified atom stereocenters. The van der Waals surface area contributed by atoms with Crippen LogP contribution in [-0.2, 0) is 16.4 Å². The van der Waals surface area contributed by atoms with E-state index >= 15 is 0 Å². The highest BCUT2D eigenvalue weighted by Gasteiger charge is 2.11. The van der Waals surface area contributed by atoms with Crippen molar-refractivity contribution in [1.29, 1.82) is 0 Å². The highest BCUT2D eigenvalue weighted by molar-refractivity contribution is 7.92. The monoisotopic (exact) mass is 440 g/mol. The van der Waals surface area contributed by atoms with E-state index in [0.29, 0.717) is 30.6 Å². The molecule has 7 nitrogen and oxygen atoms in total. The standard InChI is InChI=1S/C23H28N4O3S/c1-4-14-31(29,30)26-21-7-5-6-20(16-21)23(28)24-13-12-19-8-10-22(11-9-19)27-18(3)15-17(2)25-27/h5-11,15-16,26H,4,12-14H2,1-3H3,(H,24,28). The van der Waals surface area contributed by atoms with Gasteiger partial charge in [0.15, 0.2) is 0 Å². The number of amides is 1. The zero-order valence-electron chi connectivity index (χ0n) is 18.1. The van der Waals surface area contributed by atoms with Crippen LogP contribution >= 0.6 is 0 Å². The lowest BCUT2D eigenvalue weighted by molar-refractivity contribution is 0.0954. The van der Waals surface area contributed by atoms with E-state index in [1.165, 1.54) is 0 Å². The molecule has 8 heteroatoms. The van der Waals surface area contributed by atoms with Crippen LogP contribution < -0.4 is 10.0 Å². The molecule has 2 aromatic carbocycles. The van der Waals surface area contributed by atoms with E-state index in [1.807, 2.05) is 48.9 Å². The minimum Gasteiger partial charge on any atom is -0.352 e. The number of hydrogen-bond donors (Lipinski definition) is 2. The first kappa shape index (κ1) is 22.6. The lowest BCUT2D eigenvalue weighted by Crippen LogP contribution is -2.26. The molecule has 1 heterocycles. The molecule has 0 fully saturated rings. The van der Waals surface area contributed by atoms with Crippen molar-refractivity contribution in [3.63, 3.8) is 0 Å². The van der Waals surface area contributed by atoms with Crippen LogP contribution in [0.5, 0.6) is 0 Å². The van der Waals surface area contributed by atoms with E-state index in [1.54, 1.807) is 31.2 Å². The predicted octanol–water partition coefficient (Wildman–Crippen LogP) is 3.61. The lowest BCUT2D eigenvalue weighted by Gasteiger charge is -2.10. The molecule has 164 valence electrons. The molecule has 3 aromatic rings. The van der Waals surface area contributed by atoms with Gasteiger partial charge in [0.05, 0.1) is 17.1 Å². The highest BCUT2D eigenvalue weighted by Crippen LogP contribution is 2.14. The average molecular weight is 441 g/mol. The number of nitrogens with zero attached hydrogens (tertiary/aromatic N) is 2. The number of anilines is 1. The Kier molecular flexibility index (Phi) is 7.12. The maximum Gasteiger partial charge on any atom is 0.251 e. The number of sulfonamides is 1. The molecular weight excluding hydrogens is 412 g/mol. The number of carbonyl (C=O) groups is 1. The van der Waals surface area contributed by atoms with Crippen molar-refractivity contribution in [3.8, 4) is 5.69 Å². The Labute approximate surface area is 183 Å². The molecule has 0 saturated heterocycles. The number of aryl methyl sites for hydroxylation is 2. The average Bonchev–Trinajstić information content (AvgIpc) is 3.06. The van der Waals surface area contributed by atoms with Gasteiger partial charge in [-0.2, -0.15) is 5.10 Å². The van der Waals surface area contributed by atoms with Crippen LogP contribution in [0.3, 0.4) is 0 Å². The minimum absolute atomic E-state index is 0.0434. The van der Waals surface area contributed by atoms with E-state index in [-0.39, 0.29) is 11.7 Å². The molecule has 0 saturated carbocycles. The van der Waals surface area contributed by atoms with Crippen LogP contribution in [0.25, 0.3) is 5.69 Å². The Balaban J connectivity index is 1.55. The molecule has 31 heavy (non-hydrogen) atoms. The second-order valence-electron chi connectivity index (χ2n) is 7.51. The molecule has 2 N–H and O–H groups in total. The normalized spacial score (nSPS) is 11.3. The summed E-state index contributed by atoms with van der Waals surface area (Å²) in [4.78, 5) is 12.5. The smallest absolute Gasteiger partial charge is 0.251 e. The summed E-state index contributed by atoms with van der Waals surface area (Å²) in [6.07, 6.45) is 1.21. The molecule has 0 atom stereocenters. The number of benzene rings is 2. The Morgan fingerprint density at radius 1 is 1.06 bits per heavy atom. The molecule has 0 bridgehead atoms. The Morgan fingerprint density at radius 3 is 2.45 bits per heavy atom. The summed E-state index contributed by atoms with van der Waals surface area (Å²) in [6, 6.07) is 16.6. The number of carbonyl (C=O) groups excluding carboxylic acids is 1. The number of aromatic nitrogens is 2. The molecule has 1 aromatic heterocycles. The number of rotatable bonds is 9. The fourth-order valence-electron chi connectivity index (χ4n) is 3.34. The predicted molar refractivity (Wildman–Crippen MR) is 123 cm³/mol. The van der Waals surface area contributed by atoms with E-state index in [9.17, 15) is 13.2 Å². The summed E-state index contributed by atoms with van der Waals surface area (Å²) in [5, 5.41) is 7.37. The lowest BCUT2D eigenvalue weighted by atomic mass is 10.1. The third kappa shape index (κ3) is 6.18. The van der Waals surface area contributed by atoms with Gasteiger partial charge in [-0.25, -0.2) is 13.1 Å². The van der Waals surface area contributed by atoms with Crippen molar-refractivity contribution in [3.05, 3.63) is 77.1 Å². The molecule has 0 aliphatic carbocycles. The maximum absolute atomic E-state index is 12.5. The van der Waals surface area contributed by atoms with Crippen molar-refractivity contribution < 1.29 is 13.2 Å². The van der Waals surface area contributed by atoms with Crippen LogP contribution in [0.2, 0.25) is 0 Å². The van der Waals surface area contributed by atoms with E-state index in [0.717, 1.165) is 22.6 Å². The summed E-state index contributed by atoms with van der Waals surface area (Å²) in [6.45, 7) is 6.27. The molecule has 0 radical (unpaired) electrons. The first-order valence-corrected chi connectivity index (χ1v) is 11.9. The molecule has 1 amide bonds. The minimum atomic E-state index is -3.39. The van der Waals surface area contributed by atoms with Crippen molar-refractivity contribution in [2.24, 2.45) is 0 Å². The van der Waals surface area contributed by atoms with Crippen molar-refractivity contribution in [1.82, 2.24) is 15.1 Å². The fourth-order valence-corrected chi connectivity index (χ4v) is 4.47. The third-order valence-electron chi connectivity index (χ3n) is 4.76. The summed E-state index contributed by atoms with van der Waals surface area (Å²) >= 11 is 0. The van der Waals surface area contributed by atoms with Crippen molar-refractivity contribution in [2.45, 2.75) is 33.6 Å². The molecular formula is C23H28N4O3S. The SMILES string of the molecule is CCCS(=O)(=O)Nc1cccc(C(=O)NCCc2ccc(-n3nc(C)cc3C)cc2)c1. The quantitative estimate of drug-likeness (QED) is 0.532. The zero-order valence-corrected chi connectivity index (χ0v) is 18.9. The van der Waals surface area contributed by atoms with Crippen LogP contribution in [-0.4, -0.2) is 36.4 Å². The van der Waals surface area contributed by atoms with E-state index in [2.05, 4.69) is 15.1 Å². The second kappa shape index (κ2) is 9.78. The van der Waals surface area contributed by atoms with Crippen molar-refractivity contribution >= 4 is 21.6 Å². The van der Waals surface area contributed by atoms with Crippen LogP contribution in [0.4, 0.5) is 5.69 Å². The third-order valence-corrected chi connectivity index (χ3v) is 6.25. The molecule has 0 spiro atoms. The van der Waals surface area contributed by atoms with Gasteiger partial charge in [-0.15, -0.1) is 0 Å². The Bertz CT molecular complexity index is 1150. The van der Waals surface area contributed by atoms with Crippen LogP contribution in [0, 0.1) is 13.8 Å². The van der Waals surface area contributed by atoms with Gasteiger partial charge in [0.25, 0.3) is 5.91 Å². The first-order valence-electron chi connectivity index (χ1n) is 10.3. The van der Waals surface area contributed by atoms with Gasteiger partial charge in [-0.05, 0) is 68.7 Å². The van der Waals surface area contributed by atoms with Gasteiger partial charge in [0.2, 0.25) is 10.0 Å². The fraction of sp³-hybridized carbons (Fsp3) is 0.304. The highest BCUT2D eigenvalue weighted by atomic mass is 32.2. The molecule has 3 rings (SSSR count). The maximum atomic E-state index is 12.5. The number of nitrogens with one attached hydrogen (secondary N) is 2. The first-order chi connectivity index (χ1) is 14.8. The largest absolute Gasteiger partial charge is 0.352 e. The summed E-state index contributed by atoms with van der Waals surface area (Å²) in [5.41, 5.74) is 4.97. The van der Waals surface area contributed by atoms with Gasteiger partial charge in [-0.3, -0.25) is 9.52 Å². The van der Waals surface area contributed by atoms with Gasteiger partial charge in [0.1, 0.15) is 0 Å². The van der Waals surface area contributed by atoms with E-state index < -0.39 is 10.0 Å².